The van der Waals surface area contributed by atoms with E-state index in [1.807, 2.05) is 36.4 Å². The number of hydrogen-bond acceptors (Lipinski definition) is 7. The Morgan fingerprint density at radius 3 is 2.19 bits per heavy atom. The van der Waals surface area contributed by atoms with Crippen LogP contribution in [0.4, 0.5) is 5.82 Å². The number of benzene rings is 1. The molecular weight excluding hydrogens is 410 g/mol. The van der Waals surface area contributed by atoms with Crippen LogP contribution in [0.1, 0.15) is 5.56 Å². The third-order valence-corrected chi connectivity index (χ3v) is 6.23. The van der Waals surface area contributed by atoms with Gasteiger partial charge in [0.05, 0.1) is 0 Å². The zero-order valence-electron chi connectivity index (χ0n) is 18.0. The van der Waals surface area contributed by atoms with E-state index in [1.54, 1.807) is 16.0 Å². The molecule has 9 heteroatoms. The molecule has 9 nitrogen and oxygen atoms in total. The van der Waals surface area contributed by atoms with E-state index in [2.05, 4.69) is 14.8 Å². The van der Waals surface area contributed by atoms with Gasteiger partial charge in [-0.05, 0) is 29.8 Å². The second-order valence-electron chi connectivity index (χ2n) is 8.22. The Balaban J connectivity index is 1.09. The molecule has 0 radical (unpaired) electrons. The lowest BCUT2D eigenvalue weighted by Gasteiger charge is -2.38. The number of pyridine rings is 1. The Labute approximate surface area is 187 Å². The molecule has 0 aliphatic carbocycles. The minimum absolute atomic E-state index is 0.270. The molecule has 0 unspecified atom stereocenters. The highest BCUT2D eigenvalue weighted by molar-refractivity contribution is 6.35. The fraction of sp³-hybridized carbons (Fsp3) is 0.435. The summed E-state index contributed by atoms with van der Waals surface area (Å²) < 4.78 is 10.8. The van der Waals surface area contributed by atoms with Gasteiger partial charge in [-0.25, -0.2) is 4.98 Å². The summed E-state index contributed by atoms with van der Waals surface area (Å²) >= 11 is 0. The highest BCUT2D eigenvalue weighted by Gasteiger charge is 2.31. The Hall–Kier alpha value is -3.33. The van der Waals surface area contributed by atoms with E-state index in [-0.39, 0.29) is 12.7 Å². The highest BCUT2D eigenvalue weighted by Crippen LogP contribution is 2.32. The van der Waals surface area contributed by atoms with Crippen molar-refractivity contribution < 1.29 is 19.1 Å². The van der Waals surface area contributed by atoms with Crippen molar-refractivity contribution in [2.24, 2.45) is 0 Å². The van der Waals surface area contributed by atoms with Gasteiger partial charge < -0.3 is 24.2 Å². The lowest BCUT2D eigenvalue weighted by Crippen LogP contribution is -2.56. The quantitative estimate of drug-likeness (QED) is 0.658. The van der Waals surface area contributed by atoms with Crippen molar-refractivity contribution in [2.75, 3.05) is 64.1 Å². The average Bonchev–Trinajstić information content (AvgIpc) is 3.32. The summed E-state index contributed by atoms with van der Waals surface area (Å²) in [4.78, 5) is 37.7. The Kier molecular flexibility index (Phi) is 5.81. The fourth-order valence-corrected chi connectivity index (χ4v) is 4.36. The third-order valence-electron chi connectivity index (χ3n) is 6.23. The molecule has 4 heterocycles. The molecule has 0 bridgehead atoms. The van der Waals surface area contributed by atoms with Gasteiger partial charge in [-0.2, -0.15) is 0 Å². The van der Waals surface area contributed by atoms with Gasteiger partial charge in [-0.1, -0.05) is 12.1 Å². The van der Waals surface area contributed by atoms with Gasteiger partial charge in [0.15, 0.2) is 11.5 Å². The van der Waals surface area contributed by atoms with Crippen LogP contribution in [0.2, 0.25) is 0 Å². The van der Waals surface area contributed by atoms with E-state index in [0.717, 1.165) is 42.5 Å². The van der Waals surface area contributed by atoms with Crippen LogP contribution in [-0.2, 0) is 16.1 Å². The molecule has 32 heavy (non-hydrogen) atoms. The molecule has 2 amide bonds. The zero-order chi connectivity index (χ0) is 21.9. The Bertz CT molecular complexity index is 970. The molecule has 1 aromatic carbocycles. The Morgan fingerprint density at radius 1 is 0.812 bits per heavy atom. The van der Waals surface area contributed by atoms with Crippen molar-refractivity contribution >= 4 is 17.6 Å². The summed E-state index contributed by atoms with van der Waals surface area (Å²) in [5.74, 6) is 1.69. The molecule has 3 aliphatic rings. The number of nitrogens with zero attached hydrogens (tertiary/aromatic N) is 5. The number of ether oxygens (including phenoxy) is 2. The standard InChI is InChI=1S/C23H27N5O4/c29-22(23(30)28-13-11-26(12-14-28)21-3-1-2-6-24-21)27-9-7-25(8-10-27)16-18-4-5-19-20(15-18)32-17-31-19/h1-6,15H,7-14,16-17H2. The molecule has 1 aromatic heterocycles. The summed E-state index contributed by atoms with van der Waals surface area (Å²) in [7, 11) is 0. The van der Waals surface area contributed by atoms with Gasteiger partial charge in [0, 0.05) is 65.1 Å². The number of carbonyl (C=O) groups is 2. The van der Waals surface area contributed by atoms with E-state index in [0.29, 0.717) is 39.3 Å². The maximum Gasteiger partial charge on any atom is 0.312 e. The van der Waals surface area contributed by atoms with Crippen LogP contribution >= 0.6 is 0 Å². The van der Waals surface area contributed by atoms with Crippen LogP contribution in [0.3, 0.4) is 0 Å². The lowest BCUT2D eigenvalue weighted by atomic mass is 10.1. The van der Waals surface area contributed by atoms with Crippen molar-refractivity contribution in [1.82, 2.24) is 19.7 Å². The van der Waals surface area contributed by atoms with Crippen molar-refractivity contribution in [3.05, 3.63) is 48.2 Å². The van der Waals surface area contributed by atoms with Crippen molar-refractivity contribution in [3.63, 3.8) is 0 Å². The molecule has 0 spiro atoms. The van der Waals surface area contributed by atoms with Crippen LogP contribution in [0.5, 0.6) is 11.5 Å². The fourth-order valence-electron chi connectivity index (χ4n) is 4.36. The summed E-state index contributed by atoms with van der Waals surface area (Å²) in [5.41, 5.74) is 1.15. The number of aromatic nitrogens is 1. The maximum absolute atomic E-state index is 12.8. The molecule has 2 aromatic rings. The van der Waals surface area contributed by atoms with Gasteiger partial charge >= 0.3 is 11.8 Å². The first-order valence-electron chi connectivity index (χ1n) is 11.0. The predicted octanol–water partition coefficient (Wildman–Crippen LogP) is 0.803. The summed E-state index contributed by atoms with van der Waals surface area (Å²) in [6.45, 7) is 6.07. The zero-order valence-corrected chi connectivity index (χ0v) is 18.0. The van der Waals surface area contributed by atoms with Gasteiger partial charge in [-0.15, -0.1) is 0 Å². The van der Waals surface area contributed by atoms with E-state index >= 15 is 0 Å². The second kappa shape index (κ2) is 9.04. The number of carbonyl (C=O) groups excluding carboxylic acids is 2. The summed E-state index contributed by atoms with van der Waals surface area (Å²) in [6, 6.07) is 11.8. The van der Waals surface area contributed by atoms with E-state index in [4.69, 9.17) is 9.47 Å². The minimum atomic E-state index is -0.394. The molecule has 3 aliphatic heterocycles. The first-order chi connectivity index (χ1) is 15.7. The van der Waals surface area contributed by atoms with Crippen LogP contribution in [0.25, 0.3) is 0 Å². The molecule has 0 N–H and O–H groups in total. The average molecular weight is 438 g/mol. The Morgan fingerprint density at radius 2 is 1.50 bits per heavy atom. The smallest absolute Gasteiger partial charge is 0.312 e. The van der Waals surface area contributed by atoms with Gasteiger partial charge in [0.2, 0.25) is 6.79 Å². The highest BCUT2D eigenvalue weighted by atomic mass is 16.7. The molecule has 2 saturated heterocycles. The van der Waals surface area contributed by atoms with Crippen LogP contribution < -0.4 is 14.4 Å². The summed E-state index contributed by atoms with van der Waals surface area (Å²) in [6.07, 6.45) is 1.77. The lowest BCUT2D eigenvalue weighted by molar-refractivity contribution is -0.153. The maximum atomic E-state index is 12.8. The number of amides is 2. The van der Waals surface area contributed by atoms with Crippen molar-refractivity contribution in [3.8, 4) is 11.5 Å². The van der Waals surface area contributed by atoms with E-state index < -0.39 is 5.91 Å². The number of hydrogen-bond donors (Lipinski definition) is 0. The summed E-state index contributed by atoms with van der Waals surface area (Å²) in [5, 5.41) is 0. The number of fused-ring (bicyclic) bond motifs is 1. The largest absolute Gasteiger partial charge is 0.454 e. The van der Waals surface area contributed by atoms with Gasteiger partial charge in [0.1, 0.15) is 5.82 Å². The normalized spacial score (nSPS) is 18.7. The predicted molar refractivity (Wildman–Crippen MR) is 117 cm³/mol. The van der Waals surface area contributed by atoms with Crippen LogP contribution in [0.15, 0.2) is 42.6 Å². The second-order valence-corrected chi connectivity index (χ2v) is 8.22. The van der Waals surface area contributed by atoms with Gasteiger partial charge in [0.25, 0.3) is 0 Å². The van der Waals surface area contributed by atoms with Crippen molar-refractivity contribution in [2.45, 2.75) is 6.54 Å². The topological polar surface area (TPSA) is 78.5 Å². The molecule has 0 saturated carbocycles. The monoisotopic (exact) mass is 437 g/mol. The van der Waals surface area contributed by atoms with E-state index in [1.165, 1.54) is 0 Å². The first-order valence-corrected chi connectivity index (χ1v) is 11.0. The molecule has 168 valence electrons. The van der Waals surface area contributed by atoms with Crippen LogP contribution in [-0.4, -0.2) is 90.6 Å². The molecule has 0 atom stereocenters. The molecule has 5 rings (SSSR count). The van der Waals surface area contributed by atoms with Gasteiger partial charge in [-0.3, -0.25) is 14.5 Å². The number of rotatable bonds is 3. The SMILES string of the molecule is O=C(C(=O)N1CCN(c2ccccn2)CC1)N1CCN(Cc2ccc3c(c2)OCO3)CC1. The molecular formula is C23H27N5O4. The third kappa shape index (κ3) is 4.34. The van der Waals surface area contributed by atoms with Crippen molar-refractivity contribution in [1.29, 1.82) is 0 Å². The minimum Gasteiger partial charge on any atom is -0.454 e. The van der Waals surface area contributed by atoms with Crippen LogP contribution in [0, 0.1) is 0 Å². The van der Waals surface area contributed by atoms with E-state index in [9.17, 15) is 9.59 Å². The molecule has 2 fully saturated rings. The number of piperazine rings is 2. The number of anilines is 1. The first kappa shape index (κ1) is 20.6.